The summed E-state index contributed by atoms with van der Waals surface area (Å²) in [5.41, 5.74) is 6.78. The van der Waals surface area contributed by atoms with Crippen LogP contribution in [0.1, 0.15) is 26.5 Å². The number of carbonyl (C=O) groups is 2. The number of nitrogens with two attached hydrogens (primary N) is 1. The van der Waals surface area contributed by atoms with Crippen molar-refractivity contribution >= 4 is 40.1 Å². The summed E-state index contributed by atoms with van der Waals surface area (Å²) >= 11 is 5.71. The van der Waals surface area contributed by atoms with E-state index in [0.717, 1.165) is 11.6 Å². The SMILES string of the molecule is NC(=O)c1oc2ccc(F)cc2c1NC(=O)c1ccc(CCl)cc1. The van der Waals surface area contributed by atoms with Crippen LogP contribution in [0.2, 0.25) is 0 Å². The fourth-order valence-corrected chi connectivity index (χ4v) is 2.48. The minimum absolute atomic E-state index is 0.0448. The van der Waals surface area contributed by atoms with Gasteiger partial charge in [-0.2, -0.15) is 0 Å². The van der Waals surface area contributed by atoms with Gasteiger partial charge in [-0.15, -0.1) is 11.6 Å². The fourth-order valence-electron chi connectivity index (χ4n) is 2.30. The van der Waals surface area contributed by atoms with Crippen molar-refractivity contribution in [1.29, 1.82) is 0 Å². The minimum atomic E-state index is -0.862. The summed E-state index contributed by atoms with van der Waals surface area (Å²) in [6.45, 7) is 0. The van der Waals surface area contributed by atoms with E-state index in [-0.39, 0.29) is 22.4 Å². The number of benzene rings is 2. The molecule has 122 valence electrons. The number of halogens is 2. The summed E-state index contributed by atoms with van der Waals surface area (Å²) in [6.07, 6.45) is 0. The number of amides is 2. The second-order valence-corrected chi connectivity index (χ2v) is 5.36. The molecule has 3 N–H and O–H groups in total. The van der Waals surface area contributed by atoms with Crippen molar-refractivity contribution in [3.05, 3.63) is 65.2 Å². The summed E-state index contributed by atoms with van der Waals surface area (Å²) in [7, 11) is 0. The Labute approximate surface area is 141 Å². The van der Waals surface area contributed by atoms with Crippen molar-refractivity contribution in [3.63, 3.8) is 0 Å². The van der Waals surface area contributed by atoms with Crippen molar-refractivity contribution in [2.75, 3.05) is 5.32 Å². The van der Waals surface area contributed by atoms with Crippen LogP contribution in [0, 0.1) is 5.82 Å². The molecule has 0 aliphatic carbocycles. The molecule has 1 aromatic heterocycles. The van der Waals surface area contributed by atoms with Gasteiger partial charge in [-0.1, -0.05) is 12.1 Å². The van der Waals surface area contributed by atoms with Gasteiger partial charge in [0.1, 0.15) is 17.1 Å². The van der Waals surface area contributed by atoms with Crippen molar-refractivity contribution < 1.29 is 18.4 Å². The molecule has 24 heavy (non-hydrogen) atoms. The van der Waals surface area contributed by atoms with Crippen LogP contribution < -0.4 is 11.1 Å². The number of alkyl halides is 1. The molecule has 0 bridgehead atoms. The topological polar surface area (TPSA) is 85.3 Å². The first-order valence-electron chi connectivity index (χ1n) is 6.97. The molecule has 5 nitrogen and oxygen atoms in total. The van der Waals surface area contributed by atoms with Crippen molar-refractivity contribution in [2.45, 2.75) is 5.88 Å². The first kappa shape index (κ1) is 16.0. The molecule has 2 aromatic carbocycles. The number of furan rings is 1. The zero-order chi connectivity index (χ0) is 17.3. The summed E-state index contributed by atoms with van der Waals surface area (Å²) in [5.74, 6) is -1.77. The number of hydrogen-bond acceptors (Lipinski definition) is 3. The van der Waals surface area contributed by atoms with E-state index >= 15 is 0 Å². The Morgan fingerprint density at radius 3 is 2.50 bits per heavy atom. The average Bonchev–Trinajstić information content (AvgIpc) is 2.93. The second-order valence-electron chi connectivity index (χ2n) is 5.10. The molecule has 7 heteroatoms. The lowest BCUT2D eigenvalue weighted by molar-refractivity contribution is 0.0977. The van der Waals surface area contributed by atoms with Gasteiger partial charge < -0.3 is 15.5 Å². The Balaban J connectivity index is 2.01. The monoisotopic (exact) mass is 346 g/mol. The molecule has 0 atom stereocenters. The van der Waals surface area contributed by atoms with E-state index in [0.29, 0.717) is 11.4 Å². The maximum Gasteiger partial charge on any atom is 0.286 e. The van der Waals surface area contributed by atoms with Crippen molar-refractivity contribution in [1.82, 2.24) is 0 Å². The highest BCUT2D eigenvalue weighted by atomic mass is 35.5. The van der Waals surface area contributed by atoms with Gasteiger partial charge in [-0.3, -0.25) is 9.59 Å². The summed E-state index contributed by atoms with van der Waals surface area (Å²) in [4.78, 5) is 23.9. The van der Waals surface area contributed by atoms with Crippen LogP contribution in [0.5, 0.6) is 0 Å². The van der Waals surface area contributed by atoms with Crippen LogP contribution >= 0.6 is 11.6 Å². The number of hydrogen-bond donors (Lipinski definition) is 2. The van der Waals surface area contributed by atoms with E-state index < -0.39 is 17.6 Å². The molecule has 0 spiro atoms. The third kappa shape index (κ3) is 2.96. The van der Waals surface area contributed by atoms with E-state index in [1.807, 2.05) is 0 Å². The average molecular weight is 347 g/mol. The van der Waals surface area contributed by atoms with E-state index in [4.69, 9.17) is 21.8 Å². The molecular weight excluding hydrogens is 335 g/mol. The lowest BCUT2D eigenvalue weighted by atomic mass is 10.1. The number of rotatable bonds is 4. The highest BCUT2D eigenvalue weighted by molar-refractivity contribution is 6.17. The van der Waals surface area contributed by atoms with Gasteiger partial charge in [0.15, 0.2) is 0 Å². The number of fused-ring (bicyclic) bond motifs is 1. The van der Waals surface area contributed by atoms with E-state index in [2.05, 4.69) is 5.32 Å². The van der Waals surface area contributed by atoms with E-state index in [9.17, 15) is 14.0 Å². The first-order chi connectivity index (χ1) is 11.5. The zero-order valence-corrected chi connectivity index (χ0v) is 13.1. The molecule has 0 aliphatic rings. The molecule has 0 saturated carbocycles. The van der Waals surface area contributed by atoms with Gasteiger partial charge in [0, 0.05) is 16.8 Å². The Morgan fingerprint density at radius 2 is 1.88 bits per heavy atom. The van der Waals surface area contributed by atoms with E-state index in [1.165, 1.54) is 12.1 Å². The van der Waals surface area contributed by atoms with Crippen LogP contribution in [-0.2, 0) is 5.88 Å². The van der Waals surface area contributed by atoms with Gasteiger partial charge in [-0.25, -0.2) is 4.39 Å². The third-order valence-corrected chi connectivity index (χ3v) is 3.79. The van der Waals surface area contributed by atoms with Crippen molar-refractivity contribution in [3.8, 4) is 0 Å². The standard InChI is InChI=1S/C17H12ClFN2O3/c18-8-9-1-3-10(4-2-9)17(23)21-14-12-7-11(19)5-6-13(12)24-15(14)16(20)22/h1-7H,8H2,(H2,20,22)(H,21,23). The Morgan fingerprint density at radius 1 is 1.17 bits per heavy atom. The molecular formula is C17H12ClFN2O3. The second kappa shape index (κ2) is 6.33. The molecule has 0 unspecified atom stereocenters. The number of anilines is 1. The van der Waals surface area contributed by atoms with E-state index in [1.54, 1.807) is 24.3 Å². The fraction of sp³-hybridized carbons (Fsp3) is 0.0588. The predicted octanol–water partition coefficient (Wildman–Crippen LogP) is 3.66. The van der Waals surface area contributed by atoms with Crippen LogP contribution in [0.15, 0.2) is 46.9 Å². The highest BCUT2D eigenvalue weighted by Crippen LogP contribution is 2.31. The lowest BCUT2D eigenvalue weighted by Crippen LogP contribution is -2.17. The van der Waals surface area contributed by atoms with Gasteiger partial charge >= 0.3 is 0 Å². The number of nitrogens with one attached hydrogen (secondary N) is 1. The highest BCUT2D eigenvalue weighted by Gasteiger charge is 2.21. The Kier molecular flexibility index (Phi) is 4.22. The molecule has 0 saturated heterocycles. The Hall–Kier alpha value is -2.86. The molecule has 0 radical (unpaired) electrons. The normalized spacial score (nSPS) is 10.8. The van der Waals surface area contributed by atoms with Crippen LogP contribution in [0.25, 0.3) is 11.0 Å². The van der Waals surface area contributed by atoms with Crippen LogP contribution in [0.3, 0.4) is 0 Å². The molecule has 1 heterocycles. The smallest absolute Gasteiger partial charge is 0.286 e. The molecule has 3 aromatic rings. The minimum Gasteiger partial charge on any atom is -0.449 e. The quantitative estimate of drug-likeness (QED) is 0.707. The largest absolute Gasteiger partial charge is 0.449 e. The van der Waals surface area contributed by atoms with Crippen LogP contribution in [0.4, 0.5) is 10.1 Å². The van der Waals surface area contributed by atoms with Gasteiger partial charge in [0.05, 0.1) is 0 Å². The lowest BCUT2D eigenvalue weighted by Gasteiger charge is -2.05. The van der Waals surface area contributed by atoms with Crippen LogP contribution in [-0.4, -0.2) is 11.8 Å². The number of carbonyl (C=O) groups excluding carboxylic acids is 2. The summed E-state index contributed by atoms with van der Waals surface area (Å²) in [5, 5.41) is 2.82. The molecule has 3 rings (SSSR count). The van der Waals surface area contributed by atoms with Gasteiger partial charge in [-0.05, 0) is 35.9 Å². The maximum atomic E-state index is 13.5. The van der Waals surface area contributed by atoms with Crippen molar-refractivity contribution in [2.24, 2.45) is 5.73 Å². The summed E-state index contributed by atoms with van der Waals surface area (Å²) in [6, 6.07) is 10.3. The first-order valence-corrected chi connectivity index (χ1v) is 7.51. The predicted molar refractivity (Wildman–Crippen MR) is 88.6 cm³/mol. The molecule has 0 aliphatic heterocycles. The number of primary amides is 1. The zero-order valence-electron chi connectivity index (χ0n) is 12.3. The third-order valence-electron chi connectivity index (χ3n) is 3.48. The summed E-state index contributed by atoms with van der Waals surface area (Å²) < 4.78 is 18.8. The van der Waals surface area contributed by atoms with Gasteiger partial charge in [0.25, 0.3) is 11.8 Å². The Bertz CT molecular complexity index is 935. The maximum absolute atomic E-state index is 13.5. The molecule has 0 fully saturated rings. The molecule has 2 amide bonds. The van der Waals surface area contributed by atoms with Gasteiger partial charge in [0.2, 0.25) is 5.76 Å².